The second-order valence-electron chi connectivity index (χ2n) is 8.60. The summed E-state index contributed by atoms with van der Waals surface area (Å²) in [6.07, 6.45) is 4.13. The number of pyridine rings is 2. The summed E-state index contributed by atoms with van der Waals surface area (Å²) in [5, 5.41) is 13.8. The highest BCUT2D eigenvalue weighted by Gasteiger charge is 2.28. The Labute approximate surface area is 221 Å². The van der Waals surface area contributed by atoms with Crippen LogP contribution in [0.4, 0.5) is 5.82 Å². The number of aromatic carboxylic acids is 1. The molecular weight excluding hydrogens is 492 g/mol. The van der Waals surface area contributed by atoms with E-state index in [4.69, 9.17) is 9.84 Å². The first-order chi connectivity index (χ1) is 18.4. The molecule has 1 atom stereocenters. The van der Waals surface area contributed by atoms with Gasteiger partial charge in [-0.05, 0) is 37.1 Å². The molecule has 2 aliphatic rings. The zero-order valence-corrected chi connectivity index (χ0v) is 21.7. The van der Waals surface area contributed by atoms with E-state index in [2.05, 4.69) is 30.4 Å². The van der Waals surface area contributed by atoms with Gasteiger partial charge < -0.3 is 20.1 Å². The number of hydrogen-bond donors (Lipinski definition) is 3. The van der Waals surface area contributed by atoms with Crippen LogP contribution in [0.15, 0.2) is 36.7 Å². The SMILES string of the molecule is CC.O=C1CCC(NC(=O)c2ccc(OCCCN3CCN(c4ccc(C(=O)O)cn4)CC3)cn2)C(=O)N1. The Hall–Kier alpha value is -4.06. The summed E-state index contributed by atoms with van der Waals surface area (Å²) in [5.74, 6) is -0.981. The molecule has 3 amide bonds. The van der Waals surface area contributed by atoms with Crippen LogP contribution in [0.2, 0.25) is 0 Å². The Kier molecular flexibility index (Phi) is 10.5. The van der Waals surface area contributed by atoms with Crippen LogP contribution < -0.4 is 20.3 Å². The predicted molar refractivity (Wildman–Crippen MR) is 139 cm³/mol. The highest BCUT2D eigenvalue weighted by atomic mass is 16.5. The lowest BCUT2D eigenvalue weighted by Gasteiger charge is -2.35. The Morgan fingerprint density at radius 2 is 1.84 bits per heavy atom. The first kappa shape index (κ1) is 28.5. The molecule has 204 valence electrons. The molecule has 0 saturated carbocycles. The molecule has 0 aliphatic carbocycles. The number of amides is 3. The van der Waals surface area contributed by atoms with Gasteiger partial charge in [-0.1, -0.05) is 13.8 Å². The third-order valence-corrected chi connectivity index (χ3v) is 6.09. The average Bonchev–Trinajstić information content (AvgIpc) is 2.94. The van der Waals surface area contributed by atoms with Crippen LogP contribution in [0.25, 0.3) is 0 Å². The molecule has 2 aromatic heterocycles. The summed E-state index contributed by atoms with van der Waals surface area (Å²) in [5.41, 5.74) is 0.342. The number of imide groups is 1. The molecular formula is C26H34N6O6. The fourth-order valence-corrected chi connectivity index (χ4v) is 4.04. The normalized spacial score (nSPS) is 17.6. The summed E-state index contributed by atoms with van der Waals surface area (Å²) < 4.78 is 5.74. The van der Waals surface area contributed by atoms with Crippen LogP contribution in [0, 0.1) is 0 Å². The fraction of sp³-hybridized carbons (Fsp3) is 0.462. The van der Waals surface area contributed by atoms with Gasteiger partial charge in [0.2, 0.25) is 11.8 Å². The summed E-state index contributed by atoms with van der Waals surface area (Å²) in [4.78, 5) is 59.1. The highest BCUT2D eigenvalue weighted by molar-refractivity contribution is 6.03. The maximum atomic E-state index is 12.3. The van der Waals surface area contributed by atoms with Gasteiger partial charge >= 0.3 is 5.97 Å². The van der Waals surface area contributed by atoms with Crippen molar-refractivity contribution >= 4 is 29.5 Å². The standard InChI is InChI=1S/C24H28N6O6.C2H6/c31-21-7-5-19(23(33)28-21)27-22(32)18-4-3-17(15-25-18)36-13-1-8-29-9-11-30(12-10-29)20-6-2-16(14-26-20)24(34)35;1-2/h2-4,6,14-15,19H,1,5,7-13H2,(H,27,32)(H,34,35)(H,28,31,33);1-2H3. The van der Waals surface area contributed by atoms with Crippen molar-refractivity contribution in [1.82, 2.24) is 25.5 Å². The van der Waals surface area contributed by atoms with Crippen molar-refractivity contribution in [3.63, 3.8) is 0 Å². The number of piperidine rings is 1. The Morgan fingerprint density at radius 1 is 1.08 bits per heavy atom. The lowest BCUT2D eigenvalue weighted by Crippen LogP contribution is -2.52. The zero-order chi connectivity index (χ0) is 27.5. The molecule has 3 N–H and O–H groups in total. The summed E-state index contributed by atoms with van der Waals surface area (Å²) >= 11 is 0. The van der Waals surface area contributed by atoms with Crippen molar-refractivity contribution in [1.29, 1.82) is 0 Å². The molecule has 38 heavy (non-hydrogen) atoms. The van der Waals surface area contributed by atoms with Gasteiger partial charge in [0, 0.05) is 45.3 Å². The van der Waals surface area contributed by atoms with E-state index in [0.717, 1.165) is 45.0 Å². The number of ether oxygens (including phenoxy) is 1. The largest absolute Gasteiger partial charge is 0.492 e. The number of carboxylic acid groups (broad SMARTS) is 1. The van der Waals surface area contributed by atoms with Crippen LogP contribution in [0.5, 0.6) is 5.75 Å². The van der Waals surface area contributed by atoms with Gasteiger partial charge in [-0.3, -0.25) is 24.6 Å². The van der Waals surface area contributed by atoms with Gasteiger partial charge in [0.1, 0.15) is 23.3 Å². The molecule has 2 aromatic rings. The Balaban J connectivity index is 0.00000195. The number of nitrogens with zero attached hydrogens (tertiary/aromatic N) is 4. The van der Waals surface area contributed by atoms with Crippen LogP contribution in [0.1, 0.15) is 54.0 Å². The van der Waals surface area contributed by atoms with E-state index in [1.165, 1.54) is 18.5 Å². The number of nitrogens with one attached hydrogen (secondary N) is 2. The van der Waals surface area contributed by atoms with Crippen LogP contribution in [-0.2, 0) is 9.59 Å². The number of carboxylic acids is 1. The second kappa shape index (κ2) is 14.0. The van der Waals surface area contributed by atoms with E-state index in [1.54, 1.807) is 18.2 Å². The first-order valence-corrected chi connectivity index (χ1v) is 12.8. The number of carbonyl (C=O) groups excluding carboxylic acids is 3. The summed E-state index contributed by atoms with van der Waals surface area (Å²) in [6, 6.07) is 5.76. The minimum absolute atomic E-state index is 0.164. The molecule has 12 nitrogen and oxygen atoms in total. The first-order valence-electron chi connectivity index (χ1n) is 12.8. The molecule has 12 heteroatoms. The minimum Gasteiger partial charge on any atom is -0.492 e. The molecule has 2 fully saturated rings. The van der Waals surface area contributed by atoms with Gasteiger partial charge in [-0.25, -0.2) is 14.8 Å². The number of rotatable bonds is 9. The molecule has 0 aromatic carbocycles. The van der Waals surface area contributed by atoms with E-state index >= 15 is 0 Å². The molecule has 4 rings (SSSR count). The number of carbonyl (C=O) groups is 4. The molecule has 2 saturated heterocycles. The second-order valence-corrected chi connectivity index (χ2v) is 8.60. The lowest BCUT2D eigenvalue weighted by atomic mass is 10.1. The molecule has 0 spiro atoms. The topological polar surface area (TPSA) is 154 Å². The van der Waals surface area contributed by atoms with Gasteiger partial charge in [0.05, 0.1) is 18.4 Å². The predicted octanol–water partition coefficient (Wildman–Crippen LogP) is 1.33. The van der Waals surface area contributed by atoms with E-state index in [9.17, 15) is 19.2 Å². The van der Waals surface area contributed by atoms with Crippen LogP contribution in [0.3, 0.4) is 0 Å². The van der Waals surface area contributed by atoms with Gasteiger partial charge in [-0.2, -0.15) is 0 Å². The van der Waals surface area contributed by atoms with Crippen molar-refractivity contribution in [3.05, 3.63) is 47.9 Å². The maximum Gasteiger partial charge on any atom is 0.337 e. The van der Waals surface area contributed by atoms with Crippen molar-refractivity contribution in [3.8, 4) is 5.75 Å². The van der Waals surface area contributed by atoms with Crippen LogP contribution >= 0.6 is 0 Å². The highest BCUT2D eigenvalue weighted by Crippen LogP contribution is 2.15. The Morgan fingerprint density at radius 3 is 2.45 bits per heavy atom. The monoisotopic (exact) mass is 526 g/mol. The summed E-state index contributed by atoms with van der Waals surface area (Å²) in [6.45, 7) is 8.75. The smallest absolute Gasteiger partial charge is 0.337 e. The summed E-state index contributed by atoms with van der Waals surface area (Å²) in [7, 11) is 0. The molecule has 2 aliphatic heterocycles. The molecule has 0 radical (unpaired) electrons. The fourth-order valence-electron chi connectivity index (χ4n) is 4.04. The number of anilines is 1. The van der Waals surface area contributed by atoms with Gasteiger partial charge in [0.15, 0.2) is 0 Å². The van der Waals surface area contributed by atoms with Crippen LogP contribution in [-0.4, -0.2) is 89.0 Å². The molecule has 4 heterocycles. The number of piperazine rings is 1. The van der Waals surface area contributed by atoms with E-state index in [-0.39, 0.29) is 30.0 Å². The van der Waals surface area contributed by atoms with Gasteiger partial charge in [0.25, 0.3) is 5.91 Å². The van der Waals surface area contributed by atoms with E-state index < -0.39 is 23.8 Å². The van der Waals surface area contributed by atoms with Crippen molar-refractivity contribution in [2.24, 2.45) is 0 Å². The average molecular weight is 527 g/mol. The van der Waals surface area contributed by atoms with Crippen molar-refractivity contribution in [2.45, 2.75) is 39.2 Å². The van der Waals surface area contributed by atoms with E-state index in [1.807, 2.05) is 13.8 Å². The third-order valence-electron chi connectivity index (χ3n) is 6.09. The molecule has 1 unspecified atom stereocenters. The minimum atomic E-state index is -0.983. The van der Waals surface area contributed by atoms with Gasteiger partial charge in [-0.15, -0.1) is 0 Å². The van der Waals surface area contributed by atoms with Crippen molar-refractivity contribution in [2.75, 3.05) is 44.2 Å². The molecule has 0 bridgehead atoms. The number of aromatic nitrogens is 2. The van der Waals surface area contributed by atoms with E-state index in [0.29, 0.717) is 12.4 Å². The quantitative estimate of drug-likeness (QED) is 0.322. The lowest BCUT2D eigenvalue weighted by molar-refractivity contribution is -0.134. The zero-order valence-electron chi connectivity index (χ0n) is 21.7. The maximum absolute atomic E-state index is 12.3. The third kappa shape index (κ3) is 7.97. The Bertz CT molecular complexity index is 1100. The van der Waals surface area contributed by atoms with Crippen molar-refractivity contribution < 1.29 is 29.0 Å². The number of hydrogen-bond acceptors (Lipinski definition) is 9.